The second kappa shape index (κ2) is 11.9. The fourth-order valence-electron chi connectivity index (χ4n) is 2.74. The van der Waals surface area contributed by atoms with Gasteiger partial charge in [0, 0.05) is 31.2 Å². The van der Waals surface area contributed by atoms with Crippen LogP contribution in [0.4, 0.5) is 0 Å². The van der Waals surface area contributed by atoms with Gasteiger partial charge in [-0.2, -0.15) is 5.10 Å². The molecule has 0 aliphatic rings. The van der Waals surface area contributed by atoms with Gasteiger partial charge in [0.05, 0.1) is 24.0 Å². The topological polar surface area (TPSA) is 69.2 Å². The maximum absolute atomic E-state index is 12.4. The molecule has 0 spiro atoms. The number of ether oxygens (including phenoxy) is 3. The largest absolute Gasteiger partial charge is 0.496 e. The Balaban J connectivity index is 1.71. The number of amides is 1. The first-order valence-corrected chi connectivity index (χ1v) is 12.1. The van der Waals surface area contributed by atoms with Crippen LogP contribution in [0, 0.1) is 3.57 Å². The number of halogens is 4. The molecule has 0 radical (unpaired) electrons. The number of rotatable bonds is 8. The van der Waals surface area contributed by atoms with Crippen LogP contribution in [0.15, 0.2) is 58.1 Å². The molecule has 3 aromatic rings. The van der Waals surface area contributed by atoms with Gasteiger partial charge < -0.3 is 14.2 Å². The molecule has 33 heavy (non-hydrogen) atoms. The van der Waals surface area contributed by atoms with Crippen LogP contribution in [-0.2, 0) is 6.61 Å². The van der Waals surface area contributed by atoms with Crippen LogP contribution in [-0.4, -0.2) is 26.3 Å². The smallest absolute Gasteiger partial charge is 0.271 e. The fourth-order valence-corrected chi connectivity index (χ4v) is 4.19. The van der Waals surface area contributed by atoms with Gasteiger partial charge >= 0.3 is 0 Å². The van der Waals surface area contributed by atoms with Crippen molar-refractivity contribution in [2.45, 2.75) is 6.61 Å². The number of nitrogens with zero attached hydrogens (tertiary/aromatic N) is 1. The zero-order chi connectivity index (χ0) is 24.0. The van der Waals surface area contributed by atoms with Gasteiger partial charge in [-0.15, -0.1) is 0 Å². The number of carbonyl (C=O) groups excluding carboxylic acids is 1. The molecule has 10 heteroatoms. The summed E-state index contributed by atoms with van der Waals surface area (Å²) >= 11 is 17.8. The molecular weight excluding hydrogens is 646 g/mol. The number of methoxy groups -OCH3 is 2. The average molecular weight is 664 g/mol. The van der Waals surface area contributed by atoms with E-state index < -0.39 is 0 Å². The summed E-state index contributed by atoms with van der Waals surface area (Å²) in [5.74, 6) is 1.28. The van der Waals surface area contributed by atoms with Crippen molar-refractivity contribution in [2.24, 2.45) is 5.10 Å². The van der Waals surface area contributed by atoms with Crippen LogP contribution in [0.5, 0.6) is 17.2 Å². The van der Waals surface area contributed by atoms with Crippen molar-refractivity contribution in [1.29, 1.82) is 0 Å². The highest BCUT2D eigenvalue weighted by molar-refractivity contribution is 14.1. The third-order valence-corrected chi connectivity index (χ3v) is 6.63. The van der Waals surface area contributed by atoms with E-state index in [4.69, 9.17) is 37.4 Å². The fraction of sp³-hybridized carbons (Fsp3) is 0.130. The van der Waals surface area contributed by atoms with Crippen molar-refractivity contribution >= 4 is 73.8 Å². The van der Waals surface area contributed by atoms with Gasteiger partial charge in [-0.3, -0.25) is 4.79 Å². The predicted octanol–water partition coefficient (Wildman–Crippen LogP) is 6.72. The molecule has 0 saturated heterocycles. The highest BCUT2D eigenvalue weighted by Crippen LogP contribution is 2.34. The first kappa shape index (κ1) is 25.6. The van der Waals surface area contributed by atoms with E-state index in [-0.39, 0.29) is 12.5 Å². The molecule has 3 rings (SSSR count). The van der Waals surface area contributed by atoms with Gasteiger partial charge in [-0.25, -0.2) is 5.43 Å². The predicted molar refractivity (Wildman–Crippen MR) is 142 cm³/mol. The molecule has 0 saturated carbocycles. The summed E-state index contributed by atoms with van der Waals surface area (Å²) in [6.45, 7) is 0.238. The summed E-state index contributed by atoms with van der Waals surface area (Å²) in [4.78, 5) is 12.4. The van der Waals surface area contributed by atoms with E-state index in [0.29, 0.717) is 42.9 Å². The molecule has 0 atom stereocenters. The quantitative estimate of drug-likeness (QED) is 0.165. The molecule has 1 N–H and O–H groups in total. The first-order valence-electron chi connectivity index (χ1n) is 9.43. The molecule has 6 nitrogen and oxygen atoms in total. The van der Waals surface area contributed by atoms with Crippen LogP contribution in [0.2, 0.25) is 10.0 Å². The van der Waals surface area contributed by atoms with Crippen LogP contribution in [0.3, 0.4) is 0 Å². The van der Waals surface area contributed by atoms with Crippen molar-refractivity contribution in [2.75, 3.05) is 14.2 Å². The number of carbonyl (C=O) groups is 1. The summed E-state index contributed by atoms with van der Waals surface area (Å²) < 4.78 is 18.2. The number of hydrogen-bond acceptors (Lipinski definition) is 5. The summed E-state index contributed by atoms with van der Waals surface area (Å²) in [5, 5.41) is 5.13. The molecule has 0 aliphatic heterocycles. The van der Waals surface area contributed by atoms with Gasteiger partial charge in [0.15, 0.2) is 11.5 Å². The monoisotopic (exact) mass is 662 g/mol. The van der Waals surface area contributed by atoms with Crippen molar-refractivity contribution in [3.63, 3.8) is 0 Å². The van der Waals surface area contributed by atoms with Crippen LogP contribution >= 0.6 is 61.7 Å². The van der Waals surface area contributed by atoms with Gasteiger partial charge in [0.25, 0.3) is 5.91 Å². The second-order valence-electron chi connectivity index (χ2n) is 6.60. The van der Waals surface area contributed by atoms with Crippen LogP contribution in [0.25, 0.3) is 0 Å². The van der Waals surface area contributed by atoms with Crippen molar-refractivity contribution < 1.29 is 19.0 Å². The normalized spacial score (nSPS) is 10.8. The number of hydrazone groups is 1. The molecule has 3 aromatic carbocycles. The lowest BCUT2D eigenvalue weighted by Gasteiger charge is -2.13. The molecule has 0 fully saturated rings. The maximum atomic E-state index is 12.4. The Kier molecular flexibility index (Phi) is 9.25. The summed E-state index contributed by atoms with van der Waals surface area (Å²) in [6, 6.07) is 13.9. The van der Waals surface area contributed by atoms with Crippen molar-refractivity contribution in [3.05, 3.63) is 83.3 Å². The average Bonchev–Trinajstić information content (AvgIpc) is 2.79. The van der Waals surface area contributed by atoms with Crippen molar-refractivity contribution in [3.8, 4) is 17.2 Å². The minimum Gasteiger partial charge on any atom is -0.496 e. The standard InChI is InChI=1S/C23H18BrCl2IN2O4/c1-31-20-7-13(4-6-19(20)27)23(30)29-28-11-15-8-21(32-2)22(10-17(15)24)33-12-14-3-5-16(25)9-18(14)26/h3-11H,12H2,1-2H3,(H,29,30)/b28-11-. The molecular formula is C23H18BrCl2IN2O4. The zero-order valence-electron chi connectivity index (χ0n) is 17.5. The minimum absolute atomic E-state index is 0.238. The molecule has 0 bridgehead atoms. The van der Waals surface area contributed by atoms with E-state index in [9.17, 15) is 4.79 Å². The lowest BCUT2D eigenvalue weighted by atomic mass is 10.2. The van der Waals surface area contributed by atoms with Crippen molar-refractivity contribution in [1.82, 2.24) is 5.43 Å². The number of nitrogens with one attached hydrogen (secondary N) is 1. The first-order chi connectivity index (χ1) is 15.8. The lowest BCUT2D eigenvalue weighted by Crippen LogP contribution is -2.17. The molecule has 0 unspecified atom stereocenters. The Morgan fingerprint density at radius 3 is 2.52 bits per heavy atom. The molecule has 172 valence electrons. The van der Waals surface area contributed by atoms with Gasteiger partial charge in [-0.05, 0) is 81.0 Å². The second-order valence-corrected chi connectivity index (χ2v) is 9.46. The Hall–Kier alpha value is -2.01. The van der Waals surface area contributed by atoms with Gasteiger partial charge in [0.1, 0.15) is 12.4 Å². The highest BCUT2D eigenvalue weighted by Gasteiger charge is 2.12. The van der Waals surface area contributed by atoms with E-state index in [2.05, 4.69) is 49.0 Å². The van der Waals surface area contributed by atoms with E-state index >= 15 is 0 Å². The molecule has 0 aliphatic carbocycles. The summed E-state index contributed by atoms with van der Waals surface area (Å²) in [7, 11) is 3.10. The highest BCUT2D eigenvalue weighted by atomic mass is 127. The number of benzene rings is 3. The SMILES string of the molecule is COc1cc(C(=O)N/N=C\c2cc(OC)c(OCc3ccc(Cl)cc3Cl)cc2Br)ccc1I. The Bertz CT molecular complexity index is 1210. The zero-order valence-corrected chi connectivity index (χ0v) is 22.8. The molecule has 1 amide bonds. The lowest BCUT2D eigenvalue weighted by molar-refractivity contribution is 0.0954. The van der Waals surface area contributed by atoms with Gasteiger partial charge in [-0.1, -0.05) is 29.3 Å². The van der Waals surface area contributed by atoms with Crippen LogP contribution < -0.4 is 19.6 Å². The third-order valence-electron chi connectivity index (χ3n) is 4.46. The molecule has 0 aromatic heterocycles. The van der Waals surface area contributed by atoms with E-state index in [0.717, 1.165) is 9.13 Å². The van der Waals surface area contributed by atoms with Crippen LogP contribution in [0.1, 0.15) is 21.5 Å². The summed E-state index contributed by atoms with van der Waals surface area (Å²) in [6.07, 6.45) is 1.51. The Morgan fingerprint density at radius 2 is 1.82 bits per heavy atom. The maximum Gasteiger partial charge on any atom is 0.271 e. The summed E-state index contributed by atoms with van der Waals surface area (Å²) in [5.41, 5.74) is 4.42. The molecule has 0 heterocycles. The van der Waals surface area contributed by atoms with Gasteiger partial charge in [0.2, 0.25) is 0 Å². The number of hydrogen-bond donors (Lipinski definition) is 1. The Labute approximate surface area is 223 Å². The van der Waals surface area contributed by atoms with E-state index in [1.54, 1.807) is 55.6 Å². The van der Waals surface area contributed by atoms with E-state index in [1.165, 1.54) is 13.3 Å². The Morgan fingerprint density at radius 1 is 1.06 bits per heavy atom. The third kappa shape index (κ3) is 6.75. The van der Waals surface area contributed by atoms with E-state index in [1.807, 2.05) is 0 Å². The minimum atomic E-state index is -0.358.